The van der Waals surface area contributed by atoms with Crippen LogP contribution in [0.1, 0.15) is 34.9 Å². The van der Waals surface area contributed by atoms with E-state index in [1.807, 2.05) is 23.1 Å². The molecule has 0 amide bonds. The van der Waals surface area contributed by atoms with Gasteiger partial charge in [-0.25, -0.2) is 0 Å². The highest BCUT2D eigenvalue weighted by Crippen LogP contribution is 2.47. The molecule has 0 fully saturated rings. The third-order valence-electron chi connectivity index (χ3n) is 3.78. The topological polar surface area (TPSA) is 0 Å². The second-order valence-corrected chi connectivity index (χ2v) is 7.02. The first-order chi connectivity index (χ1) is 9.20. The summed E-state index contributed by atoms with van der Waals surface area (Å²) < 4.78 is 0. The molecule has 0 unspecified atom stereocenters. The predicted molar refractivity (Wildman–Crippen MR) is 87.0 cm³/mol. The molecular weight excluding hydrogens is 268 g/mol. The van der Waals surface area contributed by atoms with E-state index in [-0.39, 0.29) is 0 Å². The SMILES string of the molecule is CCC1=C(c2cccs2)Sc2c(C)ccc(C)c2C1. The van der Waals surface area contributed by atoms with E-state index in [1.165, 1.54) is 25.8 Å². The first-order valence-corrected chi connectivity index (χ1v) is 8.43. The summed E-state index contributed by atoms with van der Waals surface area (Å²) in [6.07, 6.45) is 2.27. The van der Waals surface area contributed by atoms with Crippen LogP contribution in [-0.4, -0.2) is 0 Å². The van der Waals surface area contributed by atoms with Crippen molar-refractivity contribution in [1.29, 1.82) is 0 Å². The summed E-state index contributed by atoms with van der Waals surface area (Å²) in [6.45, 7) is 6.75. The van der Waals surface area contributed by atoms with Gasteiger partial charge >= 0.3 is 0 Å². The maximum Gasteiger partial charge on any atom is 0.0409 e. The molecule has 2 heteroatoms. The maximum atomic E-state index is 2.28. The van der Waals surface area contributed by atoms with Crippen molar-refractivity contribution in [2.75, 3.05) is 0 Å². The van der Waals surface area contributed by atoms with Gasteiger partial charge in [0, 0.05) is 14.7 Å². The van der Waals surface area contributed by atoms with Crippen LogP contribution in [0.4, 0.5) is 0 Å². The third-order valence-corrected chi connectivity index (χ3v) is 6.28. The van der Waals surface area contributed by atoms with Gasteiger partial charge in [-0.2, -0.15) is 0 Å². The number of allylic oxidation sites excluding steroid dienone is 1. The summed E-state index contributed by atoms with van der Waals surface area (Å²) in [5, 5.41) is 2.18. The summed E-state index contributed by atoms with van der Waals surface area (Å²) in [6, 6.07) is 8.92. The Morgan fingerprint density at radius 2 is 1.89 bits per heavy atom. The lowest BCUT2D eigenvalue weighted by atomic mass is 9.96. The molecule has 1 aromatic heterocycles. The van der Waals surface area contributed by atoms with E-state index in [4.69, 9.17) is 0 Å². The molecule has 1 aromatic carbocycles. The van der Waals surface area contributed by atoms with Crippen molar-refractivity contribution in [2.24, 2.45) is 0 Å². The minimum Gasteiger partial charge on any atom is -0.143 e. The molecule has 0 spiro atoms. The third kappa shape index (κ3) is 2.28. The van der Waals surface area contributed by atoms with Gasteiger partial charge in [0.25, 0.3) is 0 Å². The number of thiophene rings is 1. The molecule has 0 bridgehead atoms. The predicted octanol–water partition coefficient (Wildman–Crippen LogP) is 5.83. The molecule has 3 rings (SSSR count). The molecule has 0 saturated carbocycles. The van der Waals surface area contributed by atoms with E-state index < -0.39 is 0 Å². The molecule has 0 atom stereocenters. The van der Waals surface area contributed by atoms with E-state index in [2.05, 4.69) is 50.4 Å². The molecule has 1 aliphatic heterocycles. The molecule has 0 aliphatic carbocycles. The smallest absolute Gasteiger partial charge is 0.0409 e. The van der Waals surface area contributed by atoms with Crippen molar-refractivity contribution in [2.45, 2.75) is 38.5 Å². The summed E-state index contributed by atoms with van der Waals surface area (Å²) in [4.78, 5) is 4.41. The summed E-state index contributed by atoms with van der Waals surface area (Å²) in [7, 11) is 0. The quantitative estimate of drug-likeness (QED) is 0.669. The van der Waals surface area contributed by atoms with Crippen LogP contribution in [0.15, 0.2) is 40.1 Å². The fraction of sp³-hybridized carbons (Fsp3) is 0.294. The standard InChI is InChI=1S/C17H18S2/c1-4-13-10-14-11(2)7-8-12(3)16(14)19-17(13)15-6-5-9-18-15/h5-9H,4,10H2,1-3H3. The zero-order valence-corrected chi connectivity index (χ0v) is 13.3. The molecule has 0 saturated heterocycles. The van der Waals surface area contributed by atoms with Gasteiger partial charge < -0.3 is 0 Å². The highest BCUT2D eigenvalue weighted by atomic mass is 32.2. The number of hydrogen-bond donors (Lipinski definition) is 0. The van der Waals surface area contributed by atoms with Crippen LogP contribution in [0.25, 0.3) is 4.91 Å². The minimum absolute atomic E-state index is 1.12. The Balaban J connectivity index is 2.12. The Hall–Kier alpha value is -0.990. The van der Waals surface area contributed by atoms with Crippen LogP contribution < -0.4 is 0 Å². The second-order valence-electron chi connectivity index (χ2n) is 5.05. The van der Waals surface area contributed by atoms with Crippen molar-refractivity contribution < 1.29 is 0 Å². The van der Waals surface area contributed by atoms with Crippen LogP contribution in [0, 0.1) is 13.8 Å². The maximum absolute atomic E-state index is 2.28. The Labute approximate surface area is 123 Å². The number of aryl methyl sites for hydroxylation is 2. The van der Waals surface area contributed by atoms with Crippen LogP contribution >= 0.6 is 23.1 Å². The normalized spacial score (nSPS) is 14.7. The van der Waals surface area contributed by atoms with E-state index >= 15 is 0 Å². The van der Waals surface area contributed by atoms with Gasteiger partial charge in [0.05, 0.1) is 0 Å². The largest absolute Gasteiger partial charge is 0.143 e. The first-order valence-electron chi connectivity index (χ1n) is 6.73. The number of fused-ring (bicyclic) bond motifs is 1. The van der Waals surface area contributed by atoms with Crippen LogP contribution in [0.5, 0.6) is 0 Å². The number of rotatable bonds is 2. The zero-order chi connectivity index (χ0) is 13.4. The van der Waals surface area contributed by atoms with Gasteiger partial charge in [-0.05, 0) is 54.8 Å². The molecule has 2 heterocycles. The lowest BCUT2D eigenvalue weighted by Gasteiger charge is -2.24. The van der Waals surface area contributed by atoms with Crippen molar-refractivity contribution >= 4 is 28.0 Å². The molecule has 98 valence electrons. The minimum atomic E-state index is 1.12. The van der Waals surface area contributed by atoms with E-state index in [1.54, 1.807) is 11.1 Å². The fourth-order valence-electron chi connectivity index (χ4n) is 2.59. The highest BCUT2D eigenvalue weighted by Gasteiger charge is 2.22. The van der Waals surface area contributed by atoms with Crippen molar-refractivity contribution in [3.05, 3.63) is 56.8 Å². The van der Waals surface area contributed by atoms with Gasteiger partial charge in [-0.3, -0.25) is 0 Å². The number of thioether (sulfide) groups is 1. The Kier molecular flexibility index (Phi) is 3.55. The molecule has 0 nitrogen and oxygen atoms in total. The molecule has 0 radical (unpaired) electrons. The number of benzene rings is 1. The molecular formula is C17H18S2. The van der Waals surface area contributed by atoms with Gasteiger partial charge in [-0.1, -0.05) is 42.5 Å². The zero-order valence-electron chi connectivity index (χ0n) is 11.6. The molecule has 19 heavy (non-hydrogen) atoms. The monoisotopic (exact) mass is 286 g/mol. The van der Waals surface area contributed by atoms with Gasteiger partial charge in [-0.15, -0.1) is 11.3 Å². The lowest BCUT2D eigenvalue weighted by Crippen LogP contribution is -2.04. The van der Waals surface area contributed by atoms with Crippen molar-refractivity contribution in [3.63, 3.8) is 0 Å². The van der Waals surface area contributed by atoms with Gasteiger partial charge in [0.2, 0.25) is 0 Å². The van der Waals surface area contributed by atoms with E-state index in [0.29, 0.717) is 0 Å². The van der Waals surface area contributed by atoms with Gasteiger partial charge in [0.15, 0.2) is 0 Å². The average molecular weight is 286 g/mol. The Morgan fingerprint density at radius 3 is 2.58 bits per heavy atom. The van der Waals surface area contributed by atoms with E-state index in [0.717, 1.165) is 12.8 Å². The van der Waals surface area contributed by atoms with Crippen LogP contribution in [0.3, 0.4) is 0 Å². The van der Waals surface area contributed by atoms with Crippen LogP contribution in [0.2, 0.25) is 0 Å². The highest BCUT2D eigenvalue weighted by molar-refractivity contribution is 8.08. The second kappa shape index (κ2) is 5.18. The number of hydrogen-bond acceptors (Lipinski definition) is 2. The Bertz CT molecular complexity index is 634. The molecule has 2 aromatic rings. The molecule has 1 aliphatic rings. The van der Waals surface area contributed by atoms with Crippen molar-refractivity contribution in [3.8, 4) is 0 Å². The first kappa shape index (κ1) is 13.0. The van der Waals surface area contributed by atoms with Crippen LogP contribution in [-0.2, 0) is 6.42 Å². The van der Waals surface area contributed by atoms with E-state index in [9.17, 15) is 0 Å². The van der Waals surface area contributed by atoms with Gasteiger partial charge in [0.1, 0.15) is 0 Å². The summed E-state index contributed by atoms with van der Waals surface area (Å²) >= 11 is 3.83. The van der Waals surface area contributed by atoms with Crippen molar-refractivity contribution in [1.82, 2.24) is 0 Å². The molecule has 0 N–H and O–H groups in total. The Morgan fingerprint density at radius 1 is 1.11 bits per heavy atom. The lowest BCUT2D eigenvalue weighted by molar-refractivity contribution is 0.967. The fourth-order valence-corrected chi connectivity index (χ4v) is 4.89. The summed E-state index contributed by atoms with van der Waals surface area (Å²) in [5.41, 5.74) is 5.98. The average Bonchev–Trinajstić information content (AvgIpc) is 2.95. The summed E-state index contributed by atoms with van der Waals surface area (Å²) in [5.74, 6) is 0.